The number of carbonyl (C=O) groups is 2. The maximum absolute atomic E-state index is 12.8. The molecule has 11 heteroatoms. The van der Waals surface area contributed by atoms with Gasteiger partial charge in [0, 0.05) is 0 Å². The number of rotatable bonds is 3. The monoisotopic (exact) mass is 351 g/mol. The van der Waals surface area contributed by atoms with Gasteiger partial charge in [-0.05, 0) is 5.92 Å². The lowest BCUT2D eigenvalue weighted by atomic mass is 9.85. The largest absolute Gasteiger partial charge is 0.447 e. The molecule has 1 N–H and O–H groups in total. The van der Waals surface area contributed by atoms with E-state index in [4.69, 9.17) is 0 Å². The highest BCUT2D eigenvalue weighted by atomic mass is 19.4. The zero-order chi connectivity index (χ0) is 18.4. The lowest BCUT2D eigenvalue weighted by Gasteiger charge is -2.38. The summed E-state index contributed by atoms with van der Waals surface area (Å²) in [4.78, 5) is 23.8. The van der Waals surface area contributed by atoms with Crippen LogP contribution < -0.4 is 0 Å². The summed E-state index contributed by atoms with van der Waals surface area (Å²) in [5.74, 6) is -5.24. The third-order valence-electron chi connectivity index (χ3n) is 3.77. The molecule has 0 unspecified atom stereocenters. The SMILES string of the molecule is CC(C)[C@H]1COC(=O)N1C(=O)[C@H](C)C(O)(C(F)(F)F)C(F)(F)F. The molecule has 0 saturated carbocycles. The molecule has 0 aliphatic carbocycles. The van der Waals surface area contributed by atoms with E-state index in [-0.39, 0.29) is 18.4 Å². The minimum Gasteiger partial charge on any atom is -0.447 e. The Kier molecular flexibility index (Phi) is 4.96. The van der Waals surface area contributed by atoms with E-state index in [0.717, 1.165) is 0 Å². The summed E-state index contributed by atoms with van der Waals surface area (Å²) in [6, 6.07) is -1.01. The predicted octanol–water partition coefficient (Wildman–Crippen LogP) is 2.48. The molecular weight excluding hydrogens is 336 g/mol. The number of hydrogen-bond donors (Lipinski definition) is 1. The Morgan fingerprint density at radius 1 is 1.17 bits per heavy atom. The first-order valence-electron chi connectivity index (χ1n) is 6.51. The average Bonchev–Trinajstić information content (AvgIpc) is 2.75. The van der Waals surface area contributed by atoms with E-state index in [1.165, 1.54) is 13.8 Å². The summed E-state index contributed by atoms with van der Waals surface area (Å²) in [7, 11) is 0. The predicted molar refractivity (Wildman–Crippen MR) is 63.0 cm³/mol. The summed E-state index contributed by atoms with van der Waals surface area (Å²) < 4.78 is 81.3. The second kappa shape index (κ2) is 5.84. The Bertz CT molecular complexity index is 473. The number of nitrogens with zero attached hydrogens (tertiary/aromatic N) is 1. The van der Waals surface area contributed by atoms with Gasteiger partial charge in [-0.15, -0.1) is 0 Å². The zero-order valence-corrected chi connectivity index (χ0v) is 12.3. The van der Waals surface area contributed by atoms with E-state index < -0.39 is 47.8 Å². The van der Waals surface area contributed by atoms with Crippen LogP contribution in [0, 0.1) is 11.8 Å². The highest BCUT2D eigenvalue weighted by molar-refractivity contribution is 5.95. The number of ether oxygens (including phenoxy) is 1. The van der Waals surface area contributed by atoms with Crippen LogP contribution in [0.4, 0.5) is 31.1 Å². The van der Waals surface area contributed by atoms with Crippen molar-refractivity contribution < 1.29 is 45.8 Å². The molecule has 1 heterocycles. The molecule has 0 bridgehead atoms. The molecule has 2 atom stereocenters. The number of amides is 2. The fraction of sp³-hybridized carbons (Fsp3) is 0.833. The van der Waals surface area contributed by atoms with Gasteiger partial charge in [0.2, 0.25) is 5.91 Å². The van der Waals surface area contributed by atoms with Crippen molar-refractivity contribution in [3.63, 3.8) is 0 Å². The van der Waals surface area contributed by atoms with E-state index >= 15 is 0 Å². The Labute approximate surface area is 127 Å². The van der Waals surface area contributed by atoms with Gasteiger partial charge in [-0.2, -0.15) is 26.3 Å². The van der Waals surface area contributed by atoms with Crippen LogP contribution in [0.1, 0.15) is 20.8 Å². The van der Waals surface area contributed by atoms with Crippen LogP contribution >= 0.6 is 0 Å². The highest BCUT2D eigenvalue weighted by Gasteiger charge is 2.74. The zero-order valence-electron chi connectivity index (χ0n) is 12.3. The van der Waals surface area contributed by atoms with Crippen LogP contribution in [-0.4, -0.2) is 52.6 Å². The first-order valence-corrected chi connectivity index (χ1v) is 6.51. The minimum absolute atomic E-state index is 0.206. The smallest absolute Gasteiger partial charge is 0.427 e. The molecule has 2 amide bonds. The number of aliphatic hydroxyl groups is 1. The maximum atomic E-state index is 12.8. The summed E-state index contributed by atoms with van der Waals surface area (Å²) in [5, 5.41) is 9.25. The topological polar surface area (TPSA) is 66.8 Å². The molecule has 1 fully saturated rings. The second-order valence-electron chi connectivity index (χ2n) is 5.58. The molecule has 1 aliphatic heterocycles. The summed E-state index contributed by atoms with van der Waals surface area (Å²) in [5.41, 5.74) is -5.28. The fourth-order valence-corrected chi connectivity index (χ4v) is 2.22. The summed E-state index contributed by atoms with van der Waals surface area (Å²) in [6.45, 7) is 2.95. The Morgan fingerprint density at radius 3 is 1.96 bits per heavy atom. The summed E-state index contributed by atoms with van der Waals surface area (Å²) in [6.07, 6.45) is -13.7. The van der Waals surface area contributed by atoms with Crippen molar-refractivity contribution in [2.45, 2.75) is 44.8 Å². The molecule has 1 saturated heterocycles. The number of imide groups is 1. The first kappa shape index (κ1) is 19.5. The third kappa shape index (κ3) is 3.10. The van der Waals surface area contributed by atoms with Gasteiger partial charge in [0.25, 0.3) is 5.60 Å². The van der Waals surface area contributed by atoms with Crippen LogP contribution in [-0.2, 0) is 9.53 Å². The van der Waals surface area contributed by atoms with Crippen molar-refractivity contribution in [2.24, 2.45) is 11.8 Å². The van der Waals surface area contributed by atoms with Crippen LogP contribution in [0.25, 0.3) is 0 Å². The molecule has 1 aliphatic rings. The average molecular weight is 351 g/mol. The van der Waals surface area contributed by atoms with Crippen LogP contribution in [0.15, 0.2) is 0 Å². The maximum Gasteiger partial charge on any atom is 0.427 e. The van der Waals surface area contributed by atoms with E-state index in [2.05, 4.69) is 4.74 Å². The van der Waals surface area contributed by atoms with E-state index in [0.29, 0.717) is 0 Å². The Hall–Kier alpha value is -1.52. The van der Waals surface area contributed by atoms with Crippen LogP contribution in [0.2, 0.25) is 0 Å². The van der Waals surface area contributed by atoms with E-state index in [1.807, 2.05) is 0 Å². The standard InChI is InChI=1S/C12H15F6NO4/c1-5(2)7-4-23-9(21)19(7)8(20)6(3)10(22,11(13,14)15)12(16,17)18/h5-7,22H,4H2,1-3H3/t6-,7+/m0/s1. The van der Waals surface area contributed by atoms with Gasteiger partial charge in [-0.3, -0.25) is 4.79 Å². The molecule has 0 spiro atoms. The summed E-state index contributed by atoms with van der Waals surface area (Å²) >= 11 is 0. The second-order valence-corrected chi connectivity index (χ2v) is 5.58. The lowest BCUT2D eigenvalue weighted by molar-refractivity contribution is -0.379. The quantitative estimate of drug-likeness (QED) is 0.794. The highest BCUT2D eigenvalue weighted by Crippen LogP contribution is 2.48. The van der Waals surface area contributed by atoms with Crippen molar-refractivity contribution in [2.75, 3.05) is 6.61 Å². The normalized spacial score (nSPS) is 21.6. The molecule has 0 aromatic carbocycles. The van der Waals surface area contributed by atoms with E-state index in [9.17, 15) is 41.0 Å². The molecule has 134 valence electrons. The number of halogens is 6. The van der Waals surface area contributed by atoms with E-state index in [1.54, 1.807) is 0 Å². The minimum atomic E-state index is -6.16. The lowest BCUT2D eigenvalue weighted by Crippen LogP contribution is -2.65. The molecule has 0 aromatic rings. The van der Waals surface area contributed by atoms with Gasteiger partial charge in [-0.25, -0.2) is 9.69 Å². The van der Waals surface area contributed by atoms with Gasteiger partial charge in [0.05, 0.1) is 12.0 Å². The molecule has 0 aromatic heterocycles. The van der Waals surface area contributed by atoms with Gasteiger partial charge in [0.15, 0.2) is 0 Å². The molecular formula is C12H15F6NO4. The first-order chi connectivity index (χ1) is 10.2. The van der Waals surface area contributed by atoms with Crippen molar-refractivity contribution in [1.82, 2.24) is 4.90 Å². The molecule has 0 radical (unpaired) electrons. The molecule has 23 heavy (non-hydrogen) atoms. The van der Waals surface area contributed by atoms with Crippen LogP contribution in [0.3, 0.4) is 0 Å². The Morgan fingerprint density at radius 2 is 1.61 bits per heavy atom. The number of alkyl halides is 6. The third-order valence-corrected chi connectivity index (χ3v) is 3.77. The van der Waals surface area contributed by atoms with Crippen molar-refractivity contribution in [3.8, 4) is 0 Å². The Balaban J connectivity index is 3.27. The van der Waals surface area contributed by atoms with Gasteiger partial charge < -0.3 is 9.84 Å². The molecule has 5 nitrogen and oxygen atoms in total. The number of carbonyl (C=O) groups excluding carboxylic acids is 2. The van der Waals surface area contributed by atoms with Crippen molar-refractivity contribution in [3.05, 3.63) is 0 Å². The number of hydrogen-bond acceptors (Lipinski definition) is 4. The van der Waals surface area contributed by atoms with Gasteiger partial charge in [-0.1, -0.05) is 20.8 Å². The van der Waals surface area contributed by atoms with Crippen molar-refractivity contribution in [1.29, 1.82) is 0 Å². The number of cyclic esters (lactones) is 1. The van der Waals surface area contributed by atoms with Crippen LogP contribution in [0.5, 0.6) is 0 Å². The molecule has 1 rings (SSSR count). The fourth-order valence-electron chi connectivity index (χ4n) is 2.22. The van der Waals surface area contributed by atoms with Gasteiger partial charge in [0.1, 0.15) is 6.61 Å². The van der Waals surface area contributed by atoms with Gasteiger partial charge >= 0.3 is 18.4 Å². The van der Waals surface area contributed by atoms with Crippen molar-refractivity contribution >= 4 is 12.0 Å².